The highest BCUT2D eigenvalue weighted by atomic mass is 35.5. The van der Waals surface area contributed by atoms with E-state index in [1.165, 1.54) is 12.1 Å². The maximum atomic E-state index is 13.8. The Morgan fingerprint density at radius 2 is 1.49 bits per heavy atom. The zero-order valence-electron chi connectivity index (χ0n) is 18.8. The van der Waals surface area contributed by atoms with Crippen molar-refractivity contribution in [2.24, 2.45) is 5.92 Å². The van der Waals surface area contributed by atoms with Crippen LogP contribution in [0.3, 0.4) is 0 Å². The molecule has 3 heterocycles. The lowest BCUT2D eigenvalue weighted by atomic mass is 9.94. The number of nitrogens with zero attached hydrogens (tertiary/aromatic N) is 2. The molecule has 2 aliphatic heterocycles. The first-order valence-corrected chi connectivity index (χ1v) is 12.7. The Bertz CT molecular complexity index is 1540. The molecule has 10 heteroatoms. The lowest BCUT2D eigenvalue weighted by Gasteiger charge is -2.27. The number of carbonyl (C=O) groups excluding carboxylic acids is 2. The third-order valence-electron chi connectivity index (χ3n) is 6.40. The molecule has 0 bridgehead atoms. The highest BCUT2D eigenvalue weighted by molar-refractivity contribution is 6.42. The molecule has 0 saturated carbocycles. The first-order valence-electron chi connectivity index (χ1n) is 11.2. The van der Waals surface area contributed by atoms with Gasteiger partial charge in [-0.2, -0.15) is 0 Å². The van der Waals surface area contributed by atoms with Crippen LogP contribution in [0.4, 0.5) is 11.4 Å². The second-order valence-electron chi connectivity index (χ2n) is 8.59. The summed E-state index contributed by atoms with van der Waals surface area (Å²) in [5.74, 6) is -0.869. The van der Waals surface area contributed by atoms with Gasteiger partial charge in [0, 0.05) is 10.6 Å². The lowest BCUT2D eigenvalue weighted by Crippen LogP contribution is -2.37. The predicted octanol–water partition coefficient (Wildman–Crippen LogP) is 7.61. The molecule has 6 rings (SSSR count). The van der Waals surface area contributed by atoms with E-state index in [0.29, 0.717) is 43.5 Å². The fourth-order valence-corrected chi connectivity index (χ4v) is 5.52. The van der Waals surface area contributed by atoms with Crippen LogP contribution in [0, 0.1) is 5.92 Å². The summed E-state index contributed by atoms with van der Waals surface area (Å²) < 4.78 is 6.22. The van der Waals surface area contributed by atoms with Crippen molar-refractivity contribution in [1.82, 2.24) is 0 Å². The first kappa shape index (κ1) is 24.3. The quantitative estimate of drug-likeness (QED) is 0.235. The Morgan fingerprint density at radius 3 is 2.22 bits per heavy atom. The number of benzene rings is 3. The van der Waals surface area contributed by atoms with Crippen LogP contribution in [0.25, 0.3) is 11.3 Å². The molecule has 1 aromatic heterocycles. The molecular formula is C27H16Cl4N2O4. The summed E-state index contributed by atoms with van der Waals surface area (Å²) in [6.45, 7) is 0. The molecule has 2 fully saturated rings. The molecule has 186 valence electrons. The van der Waals surface area contributed by atoms with Gasteiger partial charge in [0.2, 0.25) is 5.91 Å². The van der Waals surface area contributed by atoms with Crippen molar-refractivity contribution in [1.29, 1.82) is 0 Å². The van der Waals surface area contributed by atoms with Gasteiger partial charge < -0.3 is 4.42 Å². The van der Waals surface area contributed by atoms with E-state index >= 15 is 0 Å². The maximum absolute atomic E-state index is 13.8. The molecule has 0 unspecified atom stereocenters. The second-order valence-corrected chi connectivity index (χ2v) is 10.3. The van der Waals surface area contributed by atoms with Crippen molar-refractivity contribution >= 4 is 69.6 Å². The number of imide groups is 1. The Balaban J connectivity index is 1.42. The number of para-hydroxylation sites is 1. The SMILES string of the molecule is O=C1[C@@H]2[C@@H](c3ccc(-c4ccc(Cl)cc4Cl)o3)N(c3ccccc3)O[C@H]2C(=O)N1c1ccc(Cl)c(Cl)c1. The number of halogens is 4. The van der Waals surface area contributed by atoms with Crippen LogP contribution in [-0.4, -0.2) is 17.9 Å². The van der Waals surface area contributed by atoms with Crippen LogP contribution in [0.2, 0.25) is 20.1 Å². The van der Waals surface area contributed by atoms with Gasteiger partial charge >= 0.3 is 0 Å². The molecule has 37 heavy (non-hydrogen) atoms. The van der Waals surface area contributed by atoms with Gasteiger partial charge in [0.1, 0.15) is 23.5 Å². The predicted molar refractivity (Wildman–Crippen MR) is 143 cm³/mol. The molecule has 0 spiro atoms. The van der Waals surface area contributed by atoms with Crippen LogP contribution in [0.5, 0.6) is 0 Å². The summed E-state index contributed by atoms with van der Waals surface area (Å²) in [6, 6.07) is 21.7. The van der Waals surface area contributed by atoms with E-state index in [-0.39, 0.29) is 5.02 Å². The molecule has 0 radical (unpaired) electrons. The van der Waals surface area contributed by atoms with Crippen LogP contribution in [-0.2, 0) is 14.4 Å². The average Bonchev–Trinajstić information content (AvgIpc) is 3.57. The smallest absolute Gasteiger partial charge is 0.266 e. The number of rotatable bonds is 4. The highest BCUT2D eigenvalue weighted by Crippen LogP contribution is 2.49. The standard InChI is InChI=1S/C27H16Cl4N2O4/c28-14-6-8-17(19(30)12-14)21-10-11-22(36-21)24-23-25(37-33(24)15-4-2-1-3-5-15)27(35)32(26(23)34)16-7-9-18(29)20(31)13-16/h1-13,23-25H/t23-,24-,25-/m1/s1. The fraction of sp³-hybridized carbons (Fsp3) is 0.111. The molecule has 2 amide bonds. The molecule has 3 atom stereocenters. The number of hydrogen-bond acceptors (Lipinski definition) is 5. The Labute approximate surface area is 231 Å². The molecule has 2 aliphatic rings. The molecule has 3 aromatic carbocycles. The number of carbonyl (C=O) groups is 2. The summed E-state index contributed by atoms with van der Waals surface area (Å²) in [7, 11) is 0. The molecule has 2 saturated heterocycles. The highest BCUT2D eigenvalue weighted by Gasteiger charge is 2.61. The van der Waals surface area contributed by atoms with Crippen LogP contribution < -0.4 is 9.96 Å². The summed E-state index contributed by atoms with van der Waals surface area (Å²) in [6.07, 6.45) is -1.06. The molecule has 0 N–H and O–H groups in total. The van der Waals surface area contributed by atoms with Crippen LogP contribution in [0.15, 0.2) is 83.3 Å². The van der Waals surface area contributed by atoms with E-state index in [9.17, 15) is 9.59 Å². The third kappa shape index (κ3) is 4.10. The Morgan fingerprint density at radius 1 is 0.703 bits per heavy atom. The van der Waals surface area contributed by atoms with Crippen molar-refractivity contribution in [3.05, 3.63) is 105 Å². The molecule has 6 nitrogen and oxygen atoms in total. The van der Waals surface area contributed by atoms with E-state index < -0.39 is 29.9 Å². The minimum Gasteiger partial charge on any atom is -0.459 e. The molecule has 4 aromatic rings. The van der Waals surface area contributed by atoms with E-state index in [1.807, 2.05) is 30.3 Å². The molecular weight excluding hydrogens is 558 g/mol. The minimum atomic E-state index is -1.06. The van der Waals surface area contributed by atoms with Crippen molar-refractivity contribution in [3.63, 3.8) is 0 Å². The van der Waals surface area contributed by atoms with Gasteiger partial charge in [0.15, 0.2) is 6.10 Å². The average molecular weight is 574 g/mol. The van der Waals surface area contributed by atoms with Crippen molar-refractivity contribution < 1.29 is 18.8 Å². The van der Waals surface area contributed by atoms with Gasteiger partial charge in [-0.3, -0.25) is 14.4 Å². The monoisotopic (exact) mass is 572 g/mol. The van der Waals surface area contributed by atoms with Gasteiger partial charge in [-0.25, -0.2) is 9.96 Å². The largest absolute Gasteiger partial charge is 0.459 e. The summed E-state index contributed by atoms with van der Waals surface area (Å²) in [4.78, 5) is 34.5. The number of amides is 2. The molecule has 0 aliphatic carbocycles. The second kappa shape index (κ2) is 9.39. The van der Waals surface area contributed by atoms with E-state index in [2.05, 4.69) is 0 Å². The van der Waals surface area contributed by atoms with Gasteiger partial charge in [0.25, 0.3) is 5.91 Å². The van der Waals surface area contributed by atoms with E-state index in [0.717, 1.165) is 4.90 Å². The minimum absolute atomic E-state index is 0.232. The Hall–Kier alpha value is -3.00. The zero-order chi connectivity index (χ0) is 25.8. The number of anilines is 2. The van der Waals surface area contributed by atoms with E-state index in [1.54, 1.807) is 41.5 Å². The fourth-order valence-electron chi connectivity index (χ4n) is 4.73. The van der Waals surface area contributed by atoms with Gasteiger partial charge in [-0.05, 0) is 60.7 Å². The van der Waals surface area contributed by atoms with Gasteiger partial charge in [-0.1, -0.05) is 64.6 Å². The topological polar surface area (TPSA) is 63.0 Å². The number of hydrogen-bond donors (Lipinski definition) is 0. The maximum Gasteiger partial charge on any atom is 0.266 e. The zero-order valence-corrected chi connectivity index (χ0v) is 21.8. The number of furan rings is 1. The van der Waals surface area contributed by atoms with Crippen LogP contribution in [0.1, 0.15) is 11.8 Å². The summed E-state index contributed by atoms with van der Waals surface area (Å²) >= 11 is 24.6. The third-order valence-corrected chi connectivity index (χ3v) is 7.69. The normalized spacial score (nSPS) is 21.1. The van der Waals surface area contributed by atoms with Gasteiger partial charge in [0.05, 0.1) is 26.4 Å². The van der Waals surface area contributed by atoms with Gasteiger partial charge in [-0.15, -0.1) is 0 Å². The van der Waals surface area contributed by atoms with E-state index in [4.69, 9.17) is 55.7 Å². The van der Waals surface area contributed by atoms with Crippen molar-refractivity contribution in [3.8, 4) is 11.3 Å². The number of hydroxylamine groups is 1. The van der Waals surface area contributed by atoms with Crippen molar-refractivity contribution in [2.45, 2.75) is 12.1 Å². The summed E-state index contributed by atoms with van der Waals surface area (Å²) in [5, 5.41) is 3.03. The Kier molecular flexibility index (Phi) is 6.18. The van der Waals surface area contributed by atoms with Crippen LogP contribution >= 0.6 is 46.4 Å². The number of fused-ring (bicyclic) bond motifs is 1. The first-order chi connectivity index (χ1) is 17.8. The van der Waals surface area contributed by atoms with Crippen molar-refractivity contribution in [2.75, 3.05) is 9.96 Å². The lowest BCUT2D eigenvalue weighted by molar-refractivity contribution is -0.126. The summed E-state index contributed by atoms with van der Waals surface area (Å²) in [5.41, 5.74) is 1.64.